The third kappa shape index (κ3) is 3.08. The lowest BCUT2D eigenvalue weighted by Crippen LogP contribution is -2.25. The van der Waals surface area contributed by atoms with Gasteiger partial charge in [-0.15, -0.1) is 11.3 Å². The minimum atomic E-state index is -0.459. The van der Waals surface area contributed by atoms with Crippen molar-refractivity contribution in [3.8, 4) is 0 Å². The fraction of sp³-hybridized carbons (Fsp3) is 0.278. The summed E-state index contributed by atoms with van der Waals surface area (Å²) in [5.74, 6) is -0.467. The first-order valence-corrected chi connectivity index (χ1v) is 8.84. The van der Waals surface area contributed by atoms with Crippen molar-refractivity contribution in [2.75, 3.05) is 18.9 Å². The molecule has 0 atom stereocenters. The van der Waals surface area contributed by atoms with Gasteiger partial charge >= 0.3 is 0 Å². The Morgan fingerprint density at radius 2 is 2.20 bits per heavy atom. The summed E-state index contributed by atoms with van der Waals surface area (Å²) in [6, 6.07) is 6.55. The maximum absolute atomic E-state index is 12.5. The van der Waals surface area contributed by atoms with Gasteiger partial charge < -0.3 is 9.32 Å². The normalized spacial score (nSPS) is 14.5. The zero-order valence-corrected chi connectivity index (χ0v) is 14.8. The number of anilines is 1. The molecule has 128 valence electrons. The molecule has 1 amide bonds. The quantitative estimate of drug-likeness (QED) is 0.765. The third-order valence-corrected chi connectivity index (χ3v) is 5.25. The highest BCUT2D eigenvalue weighted by Crippen LogP contribution is 2.28. The van der Waals surface area contributed by atoms with E-state index in [1.165, 1.54) is 22.3 Å². The molecule has 0 spiro atoms. The fourth-order valence-electron chi connectivity index (χ4n) is 2.92. The Kier molecular flexibility index (Phi) is 3.89. The van der Waals surface area contributed by atoms with E-state index in [1.54, 1.807) is 12.1 Å². The lowest BCUT2D eigenvalue weighted by atomic mass is 10.1. The highest BCUT2D eigenvalue weighted by atomic mass is 32.1. The fourth-order valence-corrected chi connectivity index (χ4v) is 4.00. The molecule has 2 aromatic heterocycles. The van der Waals surface area contributed by atoms with E-state index < -0.39 is 5.91 Å². The lowest BCUT2D eigenvalue weighted by molar-refractivity contribution is 0.0997. The van der Waals surface area contributed by atoms with Gasteiger partial charge in [-0.1, -0.05) is 11.6 Å². The second-order valence-electron chi connectivity index (χ2n) is 6.31. The molecule has 3 heterocycles. The number of rotatable bonds is 2. The Balaban J connectivity index is 1.62. The minimum absolute atomic E-state index is 0.00774. The molecule has 4 rings (SSSR count). The summed E-state index contributed by atoms with van der Waals surface area (Å²) in [6.07, 6.45) is 0.878. The Hall–Kier alpha value is -2.51. The van der Waals surface area contributed by atoms with Gasteiger partial charge in [0.15, 0.2) is 16.3 Å². The third-order valence-electron chi connectivity index (χ3n) is 4.25. The van der Waals surface area contributed by atoms with Crippen LogP contribution in [0.15, 0.2) is 33.5 Å². The van der Waals surface area contributed by atoms with E-state index in [0.29, 0.717) is 16.1 Å². The van der Waals surface area contributed by atoms with Crippen LogP contribution in [0.4, 0.5) is 5.13 Å². The van der Waals surface area contributed by atoms with Crippen molar-refractivity contribution in [3.63, 3.8) is 0 Å². The second-order valence-corrected chi connectivity index (χ2v) is 7.39. The van der Waals surface area contributed by atoms with Gasteiger partial charge in [-0.3, -0.25) is 14.9 Å². The Labute approximate surface area is 148 Å². The molecule has 0 bridgehead atoms. The first-order chi connectivity index (χ1) is 12.0. The van der Waals surface area contributed by atoms with Crippen LogP contribution >= 0.6 is 11.3 Å². The molecule has 1 aliphatic rings. The number of aryl methyl sites for hydroxylation is 1. The van der Waals surface area contributed by atoms with Gasteiger partial charge in [0.1, 0.15) is 5.58 Å². The van der Waals surface area contributed by atoms with Crippen LogP contribution < -0.4 is 10.7 Å². The summed E-state index contributed by atoms with van der Waals surface area (Å²) in [5.41, 5.74) is 2.18. The van der Waals surface area contributed by atoms with Crippen molar-refractivity contribution in [2.45, 2.75) is 19.9 Å². The molecule has 3 aromatic rings. The zero-order chi connectivity index (χ0) is 17.6. The standard InChI is InChI=1S/C18H17N3O3S/c1-10-3-4-14-11(7-10)13(22)8-15(24-14)17(23)20-18-19-12-5-6-21(2)9-16(12)25-18/h3-4,7-8H,5-6,9H2,1-2H3,(H,19,20,23). The largest absolute Gasteiger partial charge is 0.451 e. The number of amides is 1. The van der Waals surface area contributed by atoms with E-state index in [1.807, 2.05) is 13.0 Å². The van der Waals surface area contributed by atoms with Gasteiger partial charge in [-0.25, -0.2) is 4.98 Å². The number of nitrogens with one attached hydrogen (secondary N) is 1. The Morgan fingerprint density at radius 3 is 3.04 bits per heavy atom. The topological polar surface area (TPSA) is 75.4 Å². The van der Waals surface area contributed by atoms with Crippen LogP contribution in [-0.2, 0) is 13.0 Å². The summed E-state index contributed by atoms with van der Waals surface area (Å²) in [7, 11) is 2.06. The SMILES string of the molecule is Cc1ccc2oc(C(=O)Nc3nc4c(s3)CN(C)CC4)cc(=O)c2c1. The van der Waals surface area contributed by atoms with Gasteiger partial charge in [0.25, 0.3) is 5.91 Å². The minimum Gasteiger partial charge on any atom is -0.451 e. The van der Waals surface area contributed by atoms with E-state index in [4.69, 9.17) is 4.42 Å². The molecule has 0 fully saturated rings. The molecule has 0 saturated heterocycles. The molecule has 0 aliphatic carbocycles. The molecule has 1 N–H and O–H groups in total. The van der Waals surface area contributed by atoms with Gasteiger partial charge in [0.05, 0.1) is 11.1 Å². The number of carbonyl (C=O) groups is 1. The molecule has 1 aromatic carbocycles. The summed E-state index contributed by atoms with van der Waals surface area (Å²) < 4.78 is 5.61. The first kappa shape index (κ1) is 16.0. The number of carbonyl (C=O) groups excluding carboxylic acids is 1. The van der Waals surface area contributed by atoms with Gasteiger partial charge in [0.2, 0.25) is 0 Å². The highest BCUT2D eigenvalue weighted by molar-refractivity contribution is 7.15. The second kappa shape index (κ2) is 6.09. The smallest absolute Gasteiger partial charge is 0.293 e. The number of hydrogen-bond acceptors (Lipinski definition) is 6. The van der Waals surface area contributed by atoms with E-state index in [9.17, 15) is 9.59 Å². The summed E-state index contributed by atoms with van der Waals surface area (Å²) in [5, 5.41) is 3.77. The molecule has 0 unspecified atom stereocenters. The van der Waals surface area contributed by atoms with Crippen LogP contribution in [-0.4, -0.2) is 29.4 Å². The molecule has 1 aliphatic heterocycles. The Bertz CT molecular complexity index is 1040. The maximum Gasteiger partial charge on any atom is 0.293 e. The molecular formula is C18H17N3O3S. The number of hydrogen-bond donors (Lipinski definition) is 1. The van der Waals surface area contributed by atoms with Gasteiger partial charge in [-0.05, 0) is 26.1 Å². The number of thiazole rings is 1. The maximum atomic E-state index is 12.5. The van der Waals surface area contributed by atoms with Crippen molar-refractivity contribution < 1.29 is 9.21 Å². The first-order valence-electron chi connectivity index (χ1n) is 8.02. The molecule has 0 saturated carbocycles. The van der Waals surface area contributed by atoms with Crippen LogP contribution in [0.25, 0.3) is 11.0 Å². The van der Waals surface area contributed by atoms with E-state index in [0.717, 1.165) is 30.8 Å². The number of aromatic nitrogens is 1. The molecule has 7 heteroatoms. The van der Waals surface area contributed by atoms with E-state index >= 15 is 0 Å². The van der Waals surface area contributed by atoms with Crippen LogP contribution in [0, 0.1) is 6.92 Å². The predicted octanol–water partition coefficient (Wildman–Crippen LogP) is 2.80. The van der Waals surface area contributed by atoms with Crippen LogP contribution in [0.5, 0.6) is 0 Å². The highest BCUT2D eigenvalue weighted by Gasteiger charge is 2.20. The van der Waals surface area contributed by atoms with Crippen molar-refractivity contribution >= 4 is 33.3 Å². The van der Waals surface area contributed by atoms with Gasteiger partial charge in [-0.2, -0.15) is 0 Å². The van der Waals surface area contributed by atoms with Crippen molar-refractivity contribution in [1.82, 2.24) is 9.88 Å². The van der Waals surface area contributed by atoms with E-state index in [-0.39, 0.29) is 11.2 Å². The predicted molar refractivity (Wildman–Crippen MR) is 97.3 cm³/mol. The average Bonchev–Trinajstić information content (AvgIpc) is 2.96. The summed E-state index contributed by atoms with van der Waals surface area (Å²) in [6.45, 7) is 3.71. The monoisotopic (exact) mass is 355 g/mol. The molecule has 6 nitrogen and oxygen atoms in total. The Morgan fingerprint density at radius 1 is 1.36 bits per heavy atom. The van der Waals surface area contributed by atoms with Gasteiger partial charge in [0, 0.05) is 30.5 Å². The summed E-state index contributed by atoms with van der Waals surface area (Å²) >= 11 is 1.47. The molecular weight excluding hydrogens is 338 g/mol. The number of fused-ring (bicyclic) bond motifs is 2. The number of nitrogens with zero attached hydrogens (tertiary/aromatic N) is 2. The lowest BCUT2D eigenvalue weighted by Gasteiger charge is -2.20. The van der Waals surface area contributed by atoms with Crippen LogP contribution in [0.3, 0.4) is 0 Å². The van der Waals surface area contributed by atoms with Crippen molar-refractivity contribution in [2.24, 2.45) is 0 Å². The molecule has 0 radical (unpaired) electrons. The van der Waals surface area contributed by atoms with Crippen LogP contribution in [0.2, 0.25) is 0 Å². The number of benzene rings is 1. The number of likely N-dealkylation sites (N-methyl/N-ethyl adjacent to an activating group) is 1. The molecule has 25 heavy (non-hydrogen) atoms. The zero-order valence-electron chi connectivity index (χ0n) is 14.0. The van der Waals surface area contributed by atoms with Crippen LogP contribution in [0.1, 0.15) is 26.7 Å². The average molecular weight is 355 g/mol. The van der Waals surface area contributed by atoms with Crippen molar-refractivity contribution in [3.05, 3.63) is 56.4 Å². The van der Waals surface area contributed by atoms with Crippen molar-refractivity contribution in [1.29, 1.82) is 0 Å². The summed E-state index contributed by atoms with van der Waals surface area (Å²) in [4.78, 5) is 32.6. The van der Waals surface area contributed by atoms with E-state index in [2.05, 4.69) is 22.2 Å².